The van der Waals surface area contributed by atoms with E-state index in [4.69, 9.17) is 10.3 Å². The minimum Gasteiger partial charge on any atom is -0.507 e. The van der Waals surface area contributed by atoms with Gasteiger partial charge in [0, 0.05) is 76.3 Å². The molecule has 14 heteroatoms. The first-order valence-corrected chi connectivity index (χ1v) is 10.7. The number of aromatic hydroxyl groups is 1. The molecule has 0 saturated carbocycles. The van der Waals surface area contributed by atoms with Crippen molar-refractivity contribution >= 4 is 107 Å². The number of nitrogens with one attached hydrogen (secondary N) is 1. The zero-order valence-electron chi connectivity index (χ0n) is 16.4. The average Bonchev–Trinajstić information content (AvgIpc) is 2.59. The number of hydrogen-bond acceptors (Lipinski definition) is 7. The van der Waals surface area contributed by atoms with Gasteiger partial charge in [0.15, 0.2) is 0 Å². The first kappa shape index (κ1) is 27.8. The van der Waals surface area contributed by atoms with E-state index in [-0.39, 0.29) is 81.3 Å². The molecule has 0 aromatic heterocycles. The van der Waals surface area contributed by atoms with Crippen LogP contribution in [0.4, 0.5) is 11.4 Å². The number of carbonyl (C=O) groups is 1. The van der Waals surface area contributed by atoms with Gasteiger partial charge < -0.3 is 16.2 Å². The van der Waals surface area contributed by atoms with Crippen LogP contribution in [-0.4, -0.2) is 96.1 Å². The maximum atomic E-state index is 12.6. The number of nitrogen functional groups attached to an aromatic ring is 1. The Bertz CT molecular complexity index is 1380. The summed E-state index contributed by atoms with van der Waals surface area (Å²) in [6, 6.07) is 9.45. The van der Waals surface area contributed by atoms with Crippen molar-refractivity contribution in [2.45, 2.75) is 9.79 Å². The van der Waals surface area contributed by atoms with E-state index >= 15 is 0 Å². The second-order valence-corrected chi connectivity index (χ2v) is 8.82. The molecule has 0 aliphatic heterocycles. The Morgan fingerprint density at radius 1 is 0.903 bits per heavy atom. The van der Waals surface area contributed by atoms with Gasteiger partial charge in [-0.3, -0.25) is 13.9 Å². The molecule has 1 amide bonds. The molecule has 0 heterocycles. The van der Waals surface area contributed by atoms with Crippen molar-refractivity contribution in [3.05, 3.63) is 54.1 Å². The maximum Gasteiger partial charge on any atom is 0.295 e. The molecule has 3 aromatic rings. The smallest absolute Gasteiger partial charge is 0.295 e. The zero-order valence-corrected chi connectivity index (χ0v) is 22.0. The van der Waals surface area contributed by atoms with E-state index in [1.807, 2.05) is 0 Å². The van der Waals surface area contributed by atoms with Crippen LogP contribution >= 0.6 is 0 Å². The van der Waals surface area contributed by atoms with E-state index in [2.05, 4.69) is 5.32 Å². The van der Waals surface area contributed by atoms with Crippen molar-refractivity contribution in [1.82, 2.24) is 0 Å². The third-order valence-electron chi connectivity index (χ3n) is 4.00. The fourth-order valence-electron chi connectivity index (χ4n) is 2.76. The van der Waals surface area contributed by atoms with E-state index in [1.54, 1.807) is 0 Å². The minimum absolute atomic E-state index is 0. The molecule has 154 valence electrons. The van der Waals surface area contributed by atoms with Gasteiger partial charge in [-0.15, -0.1) is 0 Å². The van der Waals surface area contributed by atoms with E-state index in [9.17, 15) is 31.3 Å². The zero-order chi connectivity index (χ0) is 21.6. The van der Waals surface area contributed by atoms with Crippen LogP contribution in [0.3, 0.4) is 0 Å². The fourth-order valence-corrected chi connectivity index (χ4v) is 4.02. The summed E-state index contributed by atoms with van der Waals surface area (Å²) in [5.41, 5.74) is 5.16. The van der Waals surface area contributed by atoms with Crippen LogP contribution in [0, 0.1) is 0 Å². The van der Waals surface area contributed by atoms with Crippen LogP contribution in [0.15, 0.2) is 58.3 Å². The van der Waals surface area contributed by atoms with Gasteiger partial charge in [-0.2, -0.15) is 16.8 Å². The van der Waals surface area contributed by atoms with Gasteiger partial charge in [0.25, 0.3) is 26.1 Å². The Morgan fingerprint density at radius 2 is 1.55 bits per heavy atom. The molecular formula is C17H14N2Na2O8S2. The molecule has 10 nitrogen and oxygen atoms in total. The molecule has 0 spiro atoms. The van der Waals surface area contributed by atoms with Gasteiger partial charge in [-0.05, 0) is 35.7 Å². The van der Waals surface area contributed by atoms with Gasteiger partial charge in [0.05, 0.1) is 16.1 Å². The Hall–Kier alpha value is -1.19. The molecule has 0 aliphatic rings. The topological polar surface area (TPSA) is 184 Å². The normalized spacial score (nSPS) is 11.3. The standard InChI is InChI=1S/C17H14N2O8S2.2Na/c18-10-4-5-12(15(7-10)29(25,26)27)17(21)19-13-3-1-2-9-6-11(28(22,23)24)8-14(20)16(9)13;;/h1-8,20H,18H2,(H,19,21)(H,22,23,24)(H,25,26,27);;. The predicted octanol–water partition coefficient (Wildman–Crippen LogP) is 1.11. The summed E-state index contributed by atoms with van der Waals surface area (Å²) >= 11 is 0. The number of rotatable bonds is 4. The number of amides is 1. The first-order valence-electron chi connectivity index (χ1n) is 7.79. The second-order valence-electron chi connectivity index (χ2n) is 6.01. The largest absolute Gasteiger partial charge is 0.507 e. The summed E-state index contributed by atoms with van der Waals surface area (Å²) < 4.78 is 64.3. The Balaban J connectivity index is 0.00000240. The van der Waals surface area contributed by atoms with E-state index in [0.717, 1.165) is 24.3 Å². The Labute approximate surface area is 221 Å². The van der Waals surface area contributed by atoms with Crippen molar-refractivity contribution in [2.24, 2.45) is 0 Å². The monoisotopic (exact) mass is 484 g/mol. The van der Waals surface area contributed by atoms with Crippen molar-refractivity contribution in [2.75, 3.05) is 11.1 Å². The number of nitrogens with two attached hydrogens (primary N) is 1. The fraction of sp³-hybridized carbons (Fsp3) is 0. The number of hydrogen-bond donors (Lipinski definition) is 5. The number of fused-ring (bicyclic) bond motifs is 1. The summed E-state index contributed by atoms with van der Waals surface area (Å²) in [5, 5.41) is 12.9. The Kier molecular flexibility index (Phi) is 9.13. The number of anilines is 2. The van der Waals surface area contributed by atoms with Crippen LogP contribution in [0.5, 0.6) is 5.75 Å². The van der Waals surface area contributed by atoms with Gasteiger partial charge in [0.1, 0.15) is 10.6 Å². The minimum atomic E-state index is -4.75. The molecule has 2 radical (unpaired) electrons. The molecule has 6 N–H and O–H groups in total. The van der Waals surface area contributed by atoms with Gasteiger partial charge >= 0.3 is 0 Å². The Morgan fingerprint density at radius 3 is 2.13 bits per heavy atom. The molecule has 31 heavy (non-hydrogen) atoms. The molecule has 3 aromatic carbocycles. The number of phenols is 1. The number of benzene rings is 3. The van der Waals surface area contributed by atoms with Gasteiger partial charge in [-0.25, -0.2) is 0 Å². The molecule has 0 saturated heterocycles. The van der Waals surface area contributed by atoms with Crippen LogP contribution in [-0.2, 0) is 20.2 Å². The molecular weight excluding hydrogens is 470 g/mol. The van der Waals surface area contributed by atoms with E-state index in [1.165, 1.54) is 24.3 Å². The van der Waals surface area contributed by atoms with Gasteiger partial charge in [0.2, 0.25) is 0 Å². The van der Waals surface area contributed by atoms with Crippen LogP contribution in [0.2, 0.25) is 0 Å². The quantitative estimate of drug-likeness (QED) is 0.206. The third-order valence-corrected chi connectivity index (χ3v) is 5.73. The van der Waals surface area contributed by atoms with Crippen LogP contribution < -0.4 is 11.1 Å². The average molecular weight is 484 g/mol. The maximum absolute atomic E-state index is 12.6. The molecule has 0 atom stereocenters. The molecule has 0 unspecified atom stereocenters. The summed E-state index contributed by atoms with van der Waals surface area (Å²) in [6.45, 7) is 0. The number of phenolic OH excluding ortho intramolecular Hbond substituents is 1. The molecule has 0 aliphatic carbocycles. The van der Waals surface area contributed by atoms with Gasteiger partial charge in [-0.1, -0.05) is 12.1 Å². The SMILES string of the molecule is Nc1ccc(C(=O)Nc2cccc3cc(S(=O)(=O)O)cc(O)c23)c(S(=O)(=O)O)c1.[Na].[Na]. The van der Waals surface area contributed by atoms with Crippen molar-refractivity contribution in [3.8, 4) is 5.75 Å². The summed E-state index contributed by atoms with van der Waals surface area (Å²) in [5.74, 6) is -1.47. The summed E-state index contributed by atoms with van der Waals surface area (Å²) in [4.78, 5) is 11.4. The molecule has 3 rings (SSSR count). The number of carbonyl (C=O) groups excluding carboxylic acids is 1. The van der Waals surface area contributed by atoms with E-state index in [0.29, 0.717) is 0 Å². The van der Waals surface area contributed by atoms with Crippen molar-refractivity contribution in [3.63, 3.8) is 0 Å². The van der Waals surface area contributed by atoms with Crippen molar-refractivity contribution in [1.29, 1.82) is 0 Å². The molecule has 0 fully saturated rings. The molecule has 0 bridgehead atoms. The van der Waals surface area contributed by atoms with Crippen molar-refractivity contribution < 1.29 is 35.8 Å². The van der Waals surface area contributed by atoms with E-state index < -0.39 is 47.2 Å². The predicted molar refractivity (Wildman–Crippen MR) is 116 cm³/mol. The summed E-state index contributed by atoms with van der Waals surface area (Å²) in [7, 11) is -9.33. The van der Waals surface area contributed by atoms with Crippen LogP contribution in [0.1, 0.15) is 10.4 Å². The van der Waals surface area contributed by atoms with Crippen LogP contribution in [0.25, 0.3) is 10.8 Å². The third kappa shape index (κ3) is 6.20. The second kappa shape index (κ2) is 10.2. The first-order chi connectivity index (χ1) is 13.4. The summed E-state index contributed by atoms with van der Waals surface area (Å²) in [6.07, 6.45) is 0.